The SMILES string of the molecule is C=O.CCC=O.CN1CCCC1.O=COCc1ccccc1. The first-order valence-electron chi connectivity index (χ1n) is 7.24. The van der Waals surface area contributed by atoms with Crippen molar-refractivity contribution in [1.29, 1.82) is 0 Å². The molecule has 0 aliphatic carbocycles. The van der Waals surface area contributed by atoms with Crippen molar-refractivity contribution in [2.45, 2.75) is 32.8 Å². The number of hydrogen-bond donors (Lipinski definition) is 0. The van der Waals surface area contributed by atoms with Crippen molar-refractivity contribution in [2.75, 3.05) is 20.1 Å². The maximum Gasteiger partial charge on any atom is 0.293 e. The Labute approximate surface area is 133 Å². The Balaban J connectivity index is 0. The van der Waals surface area contributed by atoms with E-state index in [1.165, 1.54) is 25.9 Å². The highest BCUT2D eigenvalue weighted by Gasteiger charge is 2.03. The Morgan fingerprint density at radius 1 is 1.14 bits per heavy atom. The predicted molar refractivity (Wildman–Crippen MR) is 87.5 cm³/mol. The Kier molecular flexibility index (Phi) is 19.2. The largest absolute Gasteiger partial charge is 0.463 e. The monoisotopic (exact) mass is 309 g/mol. The van der Waals surface area contributed by atoms with Crippen molar-refractivity contribution in [3.05, 3.63) is 35.9 Å². The van der Waals surface area contributed by atoms with Gasteiger partial charge in [-0.3, -0.25) is 4.79 Å². The maximum atomic E-state index is 9.76. The summed E-state index contributed by atoms with van der Waals surface area (Å²) in [6.07, 6.45) is 4.34. The van der Waals surface area contributed by atoms with Crippen LogP contribution in [0.1, 0.15) is 31.7 Å². The first kappa shape index (κ1) is 22.3. The molecule has 5 nitrogen and oxygen atoms in total. The Bertz CT molecular complexity index is 351. The molecule has 2 rings (SSSR count). The smallest absolute Gasteiger partial charge is 0.293 e. The van der Waals surface area contributed by atoms with E-state index in [0.29, 0.717) is 19.5 Å². The molecule has 0 bridgehead atoms. The van der Waals surface area contributed by atoms with Gasteiger partial charge in [0, 0.05) is 6.42 Å². The number of rotatable bonds is 4. The van der Waals surface area contributed by atoms with Gasteiger partial charge in [-0.05, 0) is 38.5 Å². The third kappa shape index (κ3) is 16.0. The zero-order valence-electron chi connectivity index (χ0n) is 13.6. The zero-order valence-corrected chi connectivity index (χ0v) is 13.6. The molecule has 1 aliphatic rings. The van der Waals surface area contributed by atoms with Gasteiger partial charge in [-0.15, -0.1) is 0 Å². The molecule has 1 aromatic carbocycles. The molecule has 5 heteroatoms. The van der Waals surface area contributed by atoms with E-state index in [1.807, 2.05) is 44.0 Å². The van der Waals surface area contributed by atoms with Crippen molar-refractivity contribution in [3.8, 4) is 0 Å². The zero-order chi connectivity index (χ0) is 17.1. The van der Waals surface area contributed by atoms with Crippen LogP contribution in [0, 0.1) is 0 Å². The lowest BCUT2D eigenvalue weighted by atomic mass is 10.2. The van der Waals surface area contributed by atoms with Crippen LogP contribution in [0.5, 0.6) is 0 Å². The number of hydrogen-bond acceptors (Lipinski definition) is 5. The fourth-order valence-electron chi connectivity index (χ4n) is 1.58. The second-order valence-corrected chi connectivity index (χ2v) is 4.48. The quantitative estimate of drug-likeness (QED) is 0.800. The minimum atomic E-state index is 0.365. The third-order valence-electron chi connectivity index (χ3n) is 2.66. The molecule has 0 amide bonds. The summed E-state index contributed by atoms with van der Waals surface area (Å²) in [7, 11) is 2.17. The van der Waals surface area contributed by atoms with Crippen LogP contribution in [0.15, 0.2) is 30.3 Å². The van der Waals surface area contributed by atoms with E-state index >= 15 is 0 Å². The molecule has 0 N–H and O–H groups in total. The highest BCUT2D eigenvalue weighted by Crippen LogP contribution is 2.02. The molecule has 124 valence electrons. The van der Waals surface area contributed by atoms with Gasteiger partial charge < -0.3 is 19.2 Å². The number of carbonyl (C=O) groups excluding carboxylic acids is 3. The molecule has 1 aromatic rings. The molecule has 0 unspecified atom stereocenters. The fraction of sp³-hybridized carbons (Fsp3) is 0.471. The molecule has 0 spiro atoms. The van der Waals surface area contributed by atoms with Crippen LogP contribution in [-0.2, 0) is 25.7 Å². The van der Waals surface area contributed by atoms with Crippen LogP contribution in [0.3, 0.4) is 0 Å². The highest BCUT2D eigenvalue weighted by molar-refractivity contribution is 5.48. The number of likely N-dealkylation sites (tertiary alicyclic amines) is 1. The van der Waals surface area contributed by atoms with Gasteiger partial charge in [0.1, 0.15) is 19.7 Å². The normalized spacial score (nSPS) is 12.3. The minimum Gasteiger partial charge on any atom is -0.463 e. The summed E-state index contributed by atoms with van der Waals surface area (Å²) in [5.74, 6) is 0. The molecule has 1 aliphatic heterocycles. The van der Waals surface area contributed by atoms with Gasteiger partial charge >= 0.3 is 0 Å². The van der Waals surface area contributed by atoms with Crippen LogP contribution >= 0.6 is 0 Å². The van der Waals surface area contributed by atoms with Gasteiger partial charge in [0.2, 0.25) is 0 Å². The Morgan fingerprint density at radius 3 is 1.95 bits per heavy atom. The van der Waals surface area contributed by atoms with E-state index in [1.54, 1.807) is 0 Å². The van der Waals surface area contributed by atoms with E-state index in [-0.39, 0.29) is 0 Å². The number of benzene rings is 1. The van der Waals surface area contributed by atoms with Crippen molar-refractivity contribution in [2.24, 2.45) is 0 Å². The summed E-state index contributed by atoms with van der Waals surface area (Å²) in [5.41, 5.74) is 1.01. The van der Waals surface area contributed by atoms with Gasteiger partial charge in [-0.2, -0.15) is 0 Å². The molecule has 22 heavy (non-hydrogen) atoms. The van der Waals surface area contributed by atoms with Crippen LogP contribution < -0.4 is 0 Å². The topological polar surface area (TPSA) is 63.7 Å². The summed E-state index contributed by atoms with van der Waals surface area (Å²) < 4.78 is 4.54. The van der Waals surface area contributed by atoms with Crippen LogP contribution in [0.2, 0.25) is 0 Å². The summed E-state index contributed by atoms with van der Waals surface area (Å²) in [4.78, 5) is 29.3. The van der Waals surface area contributed by atoms with Gasteiger partial charge in [0.25, 0.3) is 6.47 Å². The Morgan fingerprint density at radius 2 is 1.64 bits per heavy atom. The van der Waals surface area contributed by atoms with Crippen molar-refractivity contribution in [1.82, 2.24) is 4.90 Å². The second-order valence-electron chi connectivity index (χ2n) is 4.48. The van der Waals surface area contributed by atoms with E-state index in [4.69, 9.17) is 4.79 Å². The van der Waals surface area contributed by atoms with Gasteiger partial charge in [0.15, 0.2) is 0 Å². The maximum absolute atomic E-state index is 9.76. The lowest BCUT2D eigenvalue weighted by Gasteiger charge is -2.01. The van der Waals surface area contributed by atoms with E-state index in [9.17, 15) is 9.59 Å². The number of nitrogens with zero attached hydrogens (tertiary/aromatic N) is 1. The molecular weight excluding hydrogens is 282 g/mol. The summed E-state index contributed by atoms with van der Waals surface area (Å²) >= 11 is 0. The van der Waals surface area contributed by atoms with E-state index in [2.05, 4.69) is 16.7 Å². The number of carbonyl (C=O) groups is 3. The average molecular weight is 309 g/mol. The van der Waals surface area contributed by atoms with Crippen molar-refractivity contribution < 1.29 is 19.1 Å². The van der Waals surface area contributed by atoms with Gasteiger partial charge in [0.05, 0.1) is 0 Å². The Hall–Kier alpha value is -2.01. The predicted octanol–water partition coefficient (Wildman–Crippen LogP) is 2.48. The molecule has 0 atom stereocenters. The van der Waals surface area contributed by atoms with E-state index in [0.717, 1.165) is 11.8 Å². The van der Waals surface area contributed by atoms with Crippen LogP contribution in [0.4, 0.5) is 0 Å². The number of ether oxygens (including phenoxy) is 1. The summed E-state index contributed by atoms with van der Waals surface area (Å²) in [5, 5.41) is 0. The van der Waals surface area contributed by atoms with Crippen LogP contribution in [-0.4, -0.2) is 44.6 Å². The second kappa shape index (κ2) is 19.0. The minimum absolute atomic E-state index is 0.365. The van der Waals surface area contributed by atoms with Gasteiger partial charge in [-0.1, -0.05) is 37.3 Å². The number of aldehydes is 1. The fourth-order valence-corrected chi connectivity index (χ4v) is 1.58. The third-order valence-corrected chi connectivity index (χ3v) is 2.66. The lowest BCUT2D eigenvalue weighted by molar-refractivity contribution is -0.129. The molecule has 1 fully saturated rings. The molecule has 1 heterocycles. The standard InChI is InChI=1S/C8H8O2.C5H11N.C3H6O.CH2O/c9-7-10-6-8-4-2-1-3-5-8;1-6-4-2-3-5-6;1-2-3-4;1-2/h1-5,7H,6H2;2-5H2,1H3;3H,2H2,1H3;1H2. The van der Waals surface area contributed by atoms with Crippen molar-refractivity contribution in [3.63, 3.8) is 0 Å². The average Bonchev–Trinajstić information content (AvgIpc) is 3.07. The highest BCUT2D eigenvalue weighted by atomic mass is 16.5. The summed E-state index contributed by atoms with van der Waals surface area (Å²) in [6, 6.07) is 9.55. The van der Waals surface area contributed by atoms with Crippen LogP contribution in [0.25, 0.3) is 0 Å². The molecule has 0 saturated carbocycles. The lowest BCUT2D eigenvalue weighted by Crippen LogP contribution is -2.10. The molecule has 1 saturated heterocycles. The van der Waals surface area contributed by atoms with Gasteiger partial charge in [-0.25, -0.2) is 0 Å². The van der Waals surface area contributed by atoms with Crippen molar-refractivity contribution >= 4 is 19.5 Å². The molecular formula is C17H27NO4. The molecule has 0 aromatic heterocycles. The first-order valence-corrected chi connectivity index (χ1v) is 7.24. The summed E-state index contributed by atoms with van der Waals surface area (Å²) in [6.45, 7) is 7.27. The van der Waals surface area contributed by atoms with E-state index < -0.39 is 0 Å². The molecule has 0 radical (unpaired) electrons. The first-order chi connectivity index (χ1) is 10.7.